The number of aliphatic imine (C=N–C) groups is 3. The Morgan fingerprint density at radius 2 is 1.96 bits per heavy atom. The smallest absolute Gasteiger partial charge is 0.129 e. The number of benzene rings is 1. The zero-order valence-corrected chi connectivity index (χ0v) is 16.4. The van der Waals surface area contributed by atoms with Crippen molar-refractivity contribution in [3.8, 4) is 0 Å². The Kier molecular flexibility index (Phi) is 7.11. The third kappa shape index (κ3) is 5.15. The Bertz CT molecular complexity index is 786. The number of rotatable bonds is 7. The van der Waals surface area contributed by atoms with Gasteiger partial charge in [-0.25, -0.2) is 4.99 Å². The number of piperazine rings is 1. The molecule has 28 heavy (non-hydrogen) atoms. The maximum Gasteiger partial charge on any atom is 0.129 e. The van der Waals surface area contributed by atoms with E-state index in [1.165, 1.54) is 5.69 Å². The van der Waals surface area contributed by atoms with Crippen molar-refractivity contribution in [1.82, 2.24) is 10.2 Å². The Morgan fingerprint density at radius 1 is 1.21 bits per heavy atom. The fraction of sp³-hybridized carbons (Fsp3) is 0.381. The molecule has 2 aliphatic rings. The summed E-state index contributed by atoms with van der Waals surface area (Å²) in [6.45, 7) is 8.34. The highest BCUT2D eigenvalue weighted by atomic mass is 16.3. The minimum atomic E-state index is 0.226. The zero-order valence-electron chi connectivity index (χ0n) is 16.4. The van der Waals surface area contributed by atoms with Crippen molar-refractivity contribution in [2.24, 2.45) is 15.0 Å². The van der Waals surface area contributed by atoms with Crippen LogP contribution in [0.25, 0.3) is 0 Å². The summed E-state index contributed by atoms with van der Waals surface area (Å²) >= 11 is 0. The van der Waals surface area contributed by atoms with Gasteiger partial charge in [0, 0.05) is 75.5 Å². The predicted molar refractivity (Wildman–Crippen MR) is 117 cm³/mol. The number of anilines is 1. The van der Waals surface area contributed by atoms with Crippen molar-refractivity contribution in [2.75, 3.05) is 51.3 Å². The van der Waals surface area contributed by atoms with Crippen molar-refractivity contribution in [1.29, 1.82) is 0 Å². The molecule has 0 spiro atoms. The van der Waals surface area contributed by atoms with Crippen molar-refractivity contribution in [3.05, 3.63) is 54.0 Å². The highest BCUT2D eigenvalue weighted by Gasteiger charge is 2.17. The van der Waals surface area contributed by atoms with E-state index in [2.05, 4.69) is 61.1 Å². The van der Waals surface area contributed by atoms with Gasteiger partial charge in [0.25, 0.3) is 0 Å². The molecule has 0 saturated carbocycles. The van der Waals surface area contributed by atoms with Crippen LogP contribution in [0.3, 0.4) is 0 Å². The number of nitrogens with zero attached hydrogens (tertiary/aromatic N) is 5. The van der Waals surface area contributed by atoms with Gasteiger partial charge in [0.15, 0.2) is 0 Å². The van der Waals surface area contributed by atoms with Gasteiger partial charge in [-0.3, -0.25) is 14.9 Å². The zero-order chi connectivity index (χ0) is 19.8. The van der Waals surface area contributed by atoms with Gasteiger partial charge in [-0.15, -0.1) is 0 Å². The van der Waals surface area contributed by atoms with Crippen LogP contribution < -0.4 is 10.2 Å². The second-order valence-corrected chi connectivity index (χ2v) is 6.73. The van der Waals surface area contributed by atoms with Crippen molar-refractivity contribution < 1.29 is 5.11 Å². The molecule has 0 radical (unpaired) electrons. The van der Waals surface area contributed by atoms with Gasteiger partial charge in [0.1, 0.15) is 5.84 Å². The molecule has 2 N–H and O–H groups in total. The van der Waals surface area contributed by atoms with Crippen LogP contribution in [-0.4, -0.2) is 74.6 Å². The first kappa shape index (κ1) is 20.0. The third-order valence-corrected chi connectivity index (χ3v) is 4.93. The molecule has 0 aromatic heterocycles. The van der Waals surface area contributed by atoms with E-state index in [1.54, 1.807) is 19.4 Å². The molecule has 3 rings (SSSR count). The lowest BCUT2D eigenvalue weighted by Crippen LogP contribution is -2.47. The van der Waals surface area contributed by atoms with E-state index in [1.807, 2.05) is 6.08 Å². The summed E-state index contributed by atoms with van der Waals surface area (Å²) in [4.78, 5) is 17.3. The number of β-amino-alcohol motifs (C(OH)–C–C–N with tert-alkyl or cyclic N) is 1. The lowest BCUT2D eigenvalue weighted by Gasteiger charge is -2.35. The van der Waals surface area contributed by atoms with Gasteiger partial charge >= 0.3 is 0 Å². The Morgan fingerprint density at radius 3 is 2.61 bits per heavy atom. The summed E-state index contributed by atoms with van der Waals surface area (Å²) < 4.78 is 0. The number of allylic oxidation sites excluding steroid dienone is 1. The molecule has 0 aliphatic carbocycles. The van der Waals surface area contributed by atoms with E-state index in [9.17, 15) is 0 Å². The van der Waals surface area contributed by atoms with E-state index in [0.29, 0.717) is 6.42 Å². The highest BCUT2D eigenvalue weighted by Crippen LogP contribution is 2.20. The maximum absolute atomic E-state index is 9.08. The van der Waals surface area contributed by atoms with Crippen molar-refractivity contribution in [3.63, 3.8) is 0 Å². The minimum absolute atomic E-state index is 0.226. The largest absolute Gasteiger partial charge is 0.395 e. The van der Waals surface area contributed by atoms with Crippen LogP contribution in [0.4, 0.5) is 5.69 Å². The average Bonchev–Trinajstić information content (AvgIpc) is 2.75. The predicted octanol–water partition coefficient (Wildman–Crippen LogP) is 1.67. The number of aliphatic hydroxyl groups excluding tert-OH is 1. The topological polar surface area (TPSA) is 75.8 Å². The fourth-order valence-corrected chi connectivity index (χ4v) is 3.38. The molecule has 148 valence electrons. The lowest BCUT2D eigenvalue weighted by molar-refractivity contribution is 0.189. The summed E-state index contributed by atoms with van der Waals surface area (Å²) in [6, 6.07) is 8.53. The van der Waals surface area contributed by atoms with Gasteiger partial charge in [-0.05, 0) is 24.9 Å². The van der Waals surface area contributed by atoms with Gasteiger partial charge in [0.2, 0.25) is 0 Å². The number of aliphatic hydroxyl groups is 1. The van der Waals surface area contributed by atoms with Crippen LogP contribution in [0.15, 0.2) is 63.4 Å². The summed E-state index contributed by atoms with van der Waals surface area (Å²) in [6.07, 6.45) is 6.08. The molecule has 2 heterocycles. The number of nitrogens with one attached hydrogen (secondary N) is 1. The van der Waals surface area contributed by atoms with Gasteiger partial charge in [-0.2, -0.15) is 0 Å². The van der Waals surface area contributed by atoms with E-state index >= 15 is 0 Å². The monoisotopic (exact) mass is 380 g/mol. The van der Waals surface area contributed by atoms with E-state index in [-0.39, 0.29) is 6.61 Å². The number of hydrogen-bond donors (Lipinski definition) is 2. The van der Waals surface area contributed by atoms with E-state index in [0.717, 1.165) is 55.5 Å². The van der Waals surface area contributed by atoms with Gasteiger partial charge in [0.05, 0.1) is 12.3 Å². The Balaban J connectivity index is 1.70. The maximum atomic E-state index is 9.08. The van der Waals surface area contributed by atoms with Gasteiger partial charge in [-0.1, -0.05) is 12.1 Å². The first-order chi connectivity index (χ1) is 13.7. The summed E-state index contributed by atoms with van der Waals surface area (Å²) in [5.41, 5.74) is 4.20. The van der Waals surface area contributed by atoms with Crippen LogP contribution >= 0.6 is 0 Å². The van der Waals surface area contributed by atoms with Crippen LogP contribution in [0.2, 0.25) is 0 Å². The van der Waals surface area contributed by atoms with E-state index in [4.69, 9.17) is 5.11 Å². The first-order valence-electron chi connectivity index (χ1n) is 9.54. The molecule has 0 amide bonds. The van der Waals surface area contributed by atoms with Crippen LogP contribution in [0, 0.1) is 0 Å². The highest BCUT2D eigenvalue weighted by molar-refractivity contribution is 6.16. The molecule has 1 aromatic rings. The third-order valence-electron chi connectivity index (χ3n) is 4.93. The molecule has 0 atom stereocenters. The summed E-state index contributed by atoms with van der Waals surface area (Å²) in [5, 5.41) is 12.3. The fourth-order valence-electron chi connectivity index (χ4n) is 3.38. The number of hydrogen-bond acceptors (Lipinski definition) is 6. The van der Waals surface area contributed by atoms with Crippen LogP contribution in [0.1, 0.15) is 12.0 Å². The van der Waals surface area contributed by atoms with Crippen LogP contribution in [-0.2, 0) is 0 Å². The molecule has 1 saturated heterocycles. The molecule has 0 bridgehead atoms. The first-order valence-corrected chi connectivity index (χ1v) is 9.54. The molecule has 2 aliphatic heterocycles. The standard InChI is InChI=1S/C21H28N6O/c1-22-7-8-24-18-15-20(25-21(16-18)23-2)17-3-5-19(6-4-17)27-11-9-26(10-12-27)13-14-28/h3-8,15,24,28H,1,9-14,16H2,2H3/b8-7-,23-21?. The molecular weight excluding hydrogens is 352 g/mol. The Hall–Kier alpha value is -2.77. The minimum Gasteiger partial charge on any atom is -0.395 e. The SMILES string of the molecule is C=N/C=C\NC1=CC(c2ccc(N3CCN(CCO)CC3)cc2)=NC(=NC)C1. The Labute approximate surface area is 166 Å². The average molecular weight is 380 g/mol. The second-order valence-electron chi connectivity index (χ2n) is 6.73. The molecule has 7 nitrogen and oxygen atoms in total. The van der Waals surface area contributed by atoms with Crippen molar-refractivity contribution >= 4 is 24.0 Å². The molecule has 1 aromatic carbocycles. The van der Waals surface area contributed by atoms with Gasteiger partial charge < -0.3 is 15.3 Å². The molecule has 7 heteroatoms. The summed E-state index contributed by atoms with van der Waals surface area (Å²) in [5.74, 6) is 0.795. The lowest BCUT2D eigenvalue weighted by atomic mass is 10.0. The van der Waals surface area contributed by atoms with Crippen molar-refractivity contribution in [2.45, 2.75) is 6.42 Å². The summed E-state index contributed by atoms with van der Waals surface area (Å²) in [7, 11) is 1.76. The normalized spacial score (nSPS) is 19.6. The molecule has 0 unspecified atom stereocenters. The van der Waals surface area contributed by atoms with Crippen LogP contribution in [0.5, 0.6) is 0 Å². The number of dihydropyridines is 1. The molecule has 1 fully saturated rings. The second kappa shape index (κ2) is 9.96. The van der Waals surface area contributed by atoms with E-state index < -0.39 is 0 Å². The quantitative estimate of drug-likeness (QED) is 0.706. The molecular formula is C21H28N6O. The number of amidine groups is 1.